The van der Waals surface area contributed by atoms with E-state index in [0.717, 1.165) is 30.9 Å². The summed E-state index contributed by atoms with van der Waals surface area (Å²) < 4.78 is 2.03. The Morgan fingerprint density at radius 2 is 1.92 bits per heavy atom. The van der Waals surface area contributed by atoms with Crippen molar-refractivity contribution in [3.05, 3.63) is 71.0 Å². The minimum atomic E-state index is -0.151. The zero-order chi connectivity index (χ0) is 24.9. The van der Waals surface area contributed by atoms with Crippen molar-refractivity contribution in [3.63, 3.8) is 0 Å². The number of thiophene rings is 1. The molecule has 0 saturated carbocycles. The lowest BCUT2D eigenvalue weighted by molar-refractivity contribution is 0.0960. The molecule has 4 heterocycles. The van der Waals surface area contributed by atoms with E-state index >= 15 is 0 Å². The molecule has 36 heavy (non-hydrogen) atoms. The summed E-state index contributed by atoms with van der Waals surface area (Å²) in [5.74, 6) is -0.0306. The zero-order valence-electron chi connectivity index (χ0n) is 20.2. The SMILES string of the molecule is CCNC(=O)c1cc2c(/C(=N/OCCN3CCCC3)c3ccc(-n4cccc4)cc3)nc(N)nc2s1. The van der Waals surface area contributed by atoms with Crippen LogP contribution in [0.3, 0.4) is 0 Å². The lowest BCUT2D eigenvalue weighted by Crippen LogP contribution is -2.23. The number of likely N-dealkylation sites (tertiary alicyclic amines) is 1. The molecule has 1 aromatic carbocycles. The van der Waals surface area contributed by atoms with Crippen molar-refractivity contribution < 1.29 is 9.63 Å². The highest BCUT2D eigenvalue weighted by Gasteiger charge is 2.20. The maximum absolute atomic E-state index is 12.5. The number of nitrogen functional groups attached to an aromatic ring is 1. The number of nitrogens with two attached hydrogens (primary N) is 1. The number of oxime groups is 1. The summed E-state index contributed by atoms with van der Waals surface area (Å²) in [4.78, 5) is 30.8. The summed E-state index contributed by atoms with van der Waals surface area (Å²) in [5.41, 5.74) is 9.04. The van der Waals surface area contributed by atoms with Crippen molar-refractivity contribution in [2.75, 3.05) is 38.5 Å². The summed E-state index contributed by atoms with van der Waals surface area (Å²) in [6, 6.07) is 13.8. The van der Waals surface area contributed by atoms with Gasteiger partial charge in [0.1, 0.15) is 22.8 Å². The molecule has 1 aliphatic rings. The van der Waals surface area contributed by atoms with E-state index in [1.165, 1.54) is 24.2 Å². The van der Waals surface area contributed by atoms with Crippen LogP contribution in [0, 0.1) is 0 Å². The number of benzene rings is 1. The fraction of sp³-hybridized carbons (Fsp3) is 0.308. The Balaban J connectivity index is 1.52. The molecule has 4 aromatic rings. The largest absolute Gasteiger partial charge is 0.394 e. The monoisotopic (exact) mass is 503 g/mol. The van der Waals surface area contributed by atoms with E-state index in [-0.39, 0.29) is 11.9 Å². The molecule has 0 unspecified atom stereocenters. The third-order valence-corrected chi connectivity index (χ3v) is 7.12. The topological polar surface area (TPSA) is 111 Å². The summed E-state index contributed by atoms with van der Waals surface area (Å²) >= 11 is 1.28. The first kappa shape index (κ1) is 24.0. The Morgan fingerprint density at radius 3 is 2.64 bits per heavy atom. The second kappa shape index (κ2) is 10.9. The molecule has 0 spiro atoms. The van der Waals surface area contributed by atoms with Crippen LogP contribution >= 0.6 is 11.3 Å². The number of hydrogen-bond acceptors (Lipinski definition) is 8. The van der Waals surface area contributed by atoms with E-state index < -0.39 is 0 Å². The Kier molecular flexibility index (Phi) is 7.24. The first-order chi connectivity index (χ1) is 17.6. The summed E-state index contributed by atoms with van der Waals surface area (Å²) in [6.07, 6.45) is 6.45. The lowest BCUT2D eigenvalue weighted by Gasteiger charge is -2.14. The van der Waals surface area contributed by atoms with Crippen molar-refractivity contribution in [1.82, 2.24) is 24.8 Å². The van der Waals surface area contributed by atoms with Gasteiger partial charge in [0.25, 0.3) is 5.91 Å². The number of nitrogens with one attached hydrogen (secondary N) is 1. The molecule has 0 radical (unpaired) electrons. The molecule has 1 amide bonds. The summed E-state index contributed by atoms with van der Waals surface area (Å²) in [5, 5.41) is 8.09. The highest BCUT2D eigenvalue weighted by molar-refractivity contribution is 7.20. The third-order valence-electron chi connectivity index (χ3n) is 6.09. The minimum absolute atomic E-state index is 0.121. The van der Waals surface area contributed by atoms with Crippen molar-refractivity contribution in [1.29, 1.82) is 0 Å². The van der Waals surface area contributed by atoms with Gasteiger partial charge in [-0.15, -0.1) is 11.3 Å². The van der Waals surface area contributed by atoms with E-state index in [1.54, 1.807) is 6.07 Å². The zero-order valence-corrected chi connectivity index (χ0v) is 21.0. The Hall–Kier alpha value is -3.76. The first-order valence-electron chi connectivity index (χ1n) is 12.1. The molecular weight excluding hydrogens is 474 g/mol. The molecule has 9 nitrogen and oxygen atoms in total. The number of aromatic nitrogens is 3. The fourth-order valence-electron chi connectivity index (χ4n) is 4.30. The fourth-order valence-corrected chi connectivity index (χ4v) is 5.25. The highest BCUT2D eigenvalue weighted by atomic mass is 32.1. The van der Waals surface area contributed by atoms with Gasteiger partial charge < -0.3 is 20.5 Å². The highest BCUT2D eigenvalue weighted by Crippen LogP contribution is 2.29. The molecular formula is C26H29N7O2S. The second-order valence-corrected chi connectivity index (χ2v) is 9.61. The van der Waals surface area contributed by atoms with Crippen LogP contribution in [0.15, 0.2) is 60.0 Å². The summed E-state index contributed by atoms with van der Waals surface area (Å²) in [6.45, 7) is 5.92. The normalized spacial score (nSPS) is 14.4. The average molecular weight is 504 g/mol. The van der Waals surface area contributed by atoms with Gasteiger partial charge in [0.05, 0.1) is 4.88 Å². The Bertz CT molecular complexity index is 1360. The van der Waals surface area contributed by atoms with Crippen molar-refractivity contribution >= 4 is 39.1 Å². The number of carbonyl (C=O) groups excluding carboxylic acids is 1. The Morgan fingerprint density at radius 1 is 1.17 bits per heavy atom. The molecule has 1 fully saturated rings. The smallest absolute Gasteiger partial charge is 0.261 e. The van der Waals surface area contributed by atoms with Gasteiger partial charge in [-0.2, -0.15) is 0 Å². The van der Waals surface area contributed by atoms with Gasteiger partial charge in [0.2, 0.25) is 5.95 Å². The van der Waals surface area contributed by atoms with E-state index in [9.17, 15) is 4.79 Å². The Labute approximate surface area is 213 Å². The molecule has 3 N–H and O–H groups in total. The van der Waals surface area contributed by atoms with Crippen molar-refractivity contribution in [3.8, 4) is 5.69 Å². The predicted octanol–water partition coefficient (Wildman–Crippen LogP) is 3.68. The maximum atomic E-state index is 12.5. The minimum Gasteiger partial charge on any atom is -0.394 e. The third kappa shape index (κ3) is 5.24. The molecule has 0 bridgehead atoms. The number of fused-ring (bicyclic) bond motifs is 1. The number of nitrogens with zero attached hydrogens (tertiary/aromatic N) is 5. The van der Waals surface area contributed by atoms with Gasteiger partial charge >= 0.3 is 0 Å². The molecule has 5 rings (SSSR count). The van der Waals surface area contributed by atoms with Gasteiger partial charge in [-0.3, -0.25) is 9.69 Å². The molecule has 0 aliphatic carbocycles. The van der Waals surface area contributed by atoms with Crippen LogP contribution in [-0.4, -0.2) is 63.8 Å². The summed E-state index contributed by atoms with van der Waals surface area (Å²) in [7, 11) is 0. The van der Waals surface area contributed by atoms with Crippen LogP contribution in [0.5, 0.6) is 0 Å². The van der Waals surface area contributed by atoms with Crippen LogP contribution in [0.25, 0.3) is 15.9 Å². The molecule has 1 aliphatic heterocycles. The van der Waals surface area contributed by atoms with Crippen molar-refractivity contribution in [2.45, 2.75) is 19.8 Å². The van der Waals surface area contributed by atoms with Crippen LogP contribution in [0.4, 0.5) is 5.95 Å². The quantitative estimate of drug-likeness (QED) is 0.205. The number of hydrogen-bond donors (Lipinski definition) is 2. The van der Waals surface area contributed by atoms with Crippen LogP contribution in [0.1, 0.15) is 40.7 Å². The number of rotatable bonds is 9. The van der Waals surface area contributed by atoms with Crippen LogP contribution < -0.4 is 11.1 Å². The van der Waals surface area contributed by atoms with Crippen LogP contribution in [0.2, 0.25) is 0 Å². The van der Waals surface area contributed by atoms with E-state index in [4.69, 9.17) is 10.6 Å². The number of anilines is 1. The van der Waals surface area contributed by atoms with Gasteiger partial charge in [-0.1, -0.05) is 17.3 Å². The molecule has 3 aromatic heterocycles. The molecule has 10 heteroatoms. The number of amides is 1. The standard InChI is InChI=1S/C26H29N7O2S/c1-2-28-24(34)21-17-20-23(29-26(27)30-25(20)36-21)22(31-35-16-15-32-11-3-4-12-32)18-7-9-19(10-8-18)33-13-5-6-14-33/h5-10,13-14,17H,2-4,11-12,15-16H2,1H3,(H,28,34)(H2,27,29,30)/b31-22+. The van der Waals surface area contributed by atoms with E-state index in [1.807, 2.05) is 60.3 Å². The van der Waals surface area contributed by atoms with Gasteiger partial charge in [0, 0.05) is 42.1 Å². The molecule has 0 atom stereocenters. The number of carbonyl (C=O) groups is 1. The maximum Gasteiger partial charge on any atom is 0.261 e. The van der Waals surface area contributed by atoms with E-state index in [0.29, 0.717) is 39.7 Å². The van der Waals surface area contributed by atoms with Gasteiger partial charge in [-0.25, -0.2) is 9.97 Å². The first-order valence-corrected chi connectivity index (χ1v) is 13.0. The molecule has 186 valence electrons. The van der Waals surface area contributed by atoms with Gasteiger partial charge in [-0.05, 0) is 63.2 Å². The second-order valence-electron chi connectivity index (χ2n) is 8.58. The van der Waals surface area contributed by atoms with E-state index in [2.05, 4.69) is 25.3 Å². The van der Waals surface area contributed by atoms with Crippen LogP contribution in [-0.2, 0) is 4.84 Å². The van der Waals surface area contributed by atoms with Gasteiger partial charge in [0.15, 0.2) is 0 Å². The predicted molar refractivity (Wildman–Crippen MR) is 143 cm³/mol. The van der Waals surface area contributed by atoms with Crippen molar-refractivity contribution in [2.24, 2.45) is 5.16 Å². The lowest BCUT2D eigenvalue weighted by atomic mass is 10.0. The molecule has 1 saturated heterocycles. The average Bonchev–Trinajstić information content (AvgIpc) is 3.66.